The number of anilines is 1. The Morgan fingerprint density at radius 2 is 2.24 bits per heavy atom. The van der Waals surface area contributed by atoms with Gasteiger partial charge >= 0.3 is 0 Å². The fourth-order valence-corrected chi connectivity index (χ4v) is 1.67. The van der Waals surface area contributed by atoms with E-state index in [0.717, 1.165) is 0 Å². The second-order valence-corrected chi connectivity index (χ2v) is 4.69. The highest BCUT2D eigenvalue weighted by molar-refractivity contribution is 5.97. The zero-order chi connectivity index (χ0) is 15.2. The van der Waals surface area contributed by atoms with E-state index >= 15 is 0 Å². The molecule has 0 radical (unpaired) electrons. The number of tetrazole rings is 1. The quantitative estimate of drug-likeness (QED) is 0.707. The third-order valence-corrected chi connectivity index (χ3v) is 2.70. The number of rotatable bonds is 6. The average Bonchev–Trinajstić information content (AvgIpc) is 2.98. The molecule has 0 atom stereocenters. The number of hydrogen-bond donors (Lipinski definition) is 3. The zero-order valence-electron chi connectivity index (χ0n) is 12.2. The van der Waals surface area contributed by atoms with Crippen LogP contribution in [0.25, 0.3) is 0 Å². The van der Waals surface area contributed by atoms with Crippen molar-refractivity contribution in [3.8, 4) is 0 Å². The molecule has 9 heteroatoms. The van der Waals surface area contributed by atoms with Crippen molar-refractivity contribution >= 4 is 11.6 Å². The molecule has 2 rings (SSSR count). The Bertz CT molecular complexity index is 595. The number of carbonyl (C=O) groups is 1. The number of aromatic nitrogens is 6. The van der Waals surface area contributed by atoms with Gasteiger partial charge in [-0.05, 0) is 6.92 Å². The van der Waals surface area contributed by atoms with Gasteiger partial charge in [-0.15, -0.1) is 10.2 Å². The summed E-state index contributed by atoms with van der Waals surface area (Å²) in [5.74, 6) is 0.873. The summed E-state index contributed by atoms with van der Waals surface area (Å²) in [7, 11) is 0. The van der Waals surface area contributed by atoms with Crippen molar-refractivity contribution in [2.24, 2.45) is 0 Å². The first-order chi connectivity index (χ1) is 10.1. The molecular formula is C12H18N8O. The van der Waals surface area contributed by atoms with Crippen molar-refractivity contribution in [3.63, 3.8) is 0 Å². The van der Waals surface area contributed by atoms with Gasteiger partial charge in [-0.1, -0.05) is 19.1 Å². The van der Waals surface area contributed by atoms with Gasteiger partial charge in [0.15, 0.2) is 11.5 Å². The summed E-state index contributed by atoms with van der Waals surface area (Å²) in [6.45, 7) is 6.75. The largest absolute Gasteiger partial charge is 0.382 e. The van der Waals surface area contributed by atoms with E-state index in [9.17, 15) is 4.79 Å². The van der Waals surface area contributed by atoms with Crippen molar-refractivity contribution in [2.45, 2.75) is 33.2 Å². The normalized spacial score (nSPS) is 10.7. The minimum atomic E-state index is -0.306. The van der Waals surface area contributed by atoms with Crippen LogP contribution in [-0.2, 0) is 6.54 Å². The molecule has 0 aliphatic rings. The number of carbonyl (C=O) groups excluding carboxylic acids is 1. The molecule has 0 saturated heterocycles. The molecule has 0 fully saturated rings. The van der Waals surface area contributed by atoms with Gasteiger partial charge in [0.05, 0.1) is 18.4 Å². The van der Waals surface area contributed by atoms with Crippen LogP contribution in [0.4, 0.5) is 5.69 Å². The van der Waals surface area contributed by atoms with Crippen molar-refractivity contribution in [3.05, 3.63) is 23.5 Å². The Morgan fingerprint density at radius 1 is 1.43 bits per heavy atom. The molecule has 0 aliphatic carbocycles. The Labute approximate surface area is 122 Å². The monoisotopic (exact) mass is 290 g/mol. The molecule has 112 valence electrons. The maximum Gasteiger partial charge on any atom is 0.272 e. The minimum absolute atomic E-state index is 0.143. The molecule has 0 spiro atoms. The fraction of sp³-hybridized carbons (Fsp3) is 0.500. The molecule has 2 aromatic heterocycles. The van der Waals surface area contributed by atoms with Crippen molar-refractivity contribution in [1.29, 1.82) is 0 Å². The Balaban J connectivity index is 2.18. The highest BCUT2D eigenvalue weighted by Gasteiger charge is 2.16. The molecule has 21 heavy (non-hydrogen) atoms. The second-order valence-electron chi connectivity index (χ2n) is 4.69. The topological polar surface area (TPSA) is 121 Å². The van der Waals surface area contributed by atoms with Crippen molar-refractivity contribution < 1.29 is 4.79 Å². The van der Waals surface area contributed by atoms with Gasteiger partial charge in [0, 0.05) is 12.5 Å². The summed E-state index contributed by atoms with van der Waals surface area (Å²) in [5, 5.41) is 19.1. The van der Waals surface area contributed by atoms with Crippen LogP contribution in [0, 0.1) is 0 Å². The third kappa shape index (κ3) is 3.71. The molecule has 0 aromatic carbocycles. The van der Waals surface area contributed by atoms with E-state index < -0.39 is 0 Å². The van der Waals surface area contributed by atoms with Crippen LogP contribution in [0.15, 0.2) is 6.20 Å². The lowest BCUT2D eigenvalue weighted by atomic mass is 10.2. The fourth-order valence-electron chi connectivity index (χ4n) is 1.67. The van der Waals surface area contributed by atoms with Gasteiger partial charge in [-0.25, -0.2) is 9.97 Å². The van der Waals surface area contributed by atoms with E-state index in [4.69, 9.17) is 0 Å². The van der Waals surface area contributed by atoms with Gasteiger partial charge in [0.25, 0.3) is 5.91 Å². The van der Waals surface area contributed by atoms with Gasteiger partial charge in [-0.2, -0.15) is 5.21 Å². The standard InChI is InChI=1S/C12H18N8O/c1-4-13-8-5-14-11(7(2)3)16-10(8)12(21)15-6-9-17-19-20-18-9/h5,7,13H,4,6H2,1-3H3,(H,15,21)(H,17,18,19,20). The third-order valence-electron chi connectivity index (χ3n) is 2.70. The Hall–Kier alpha value is -2.58. The van der Waals surface area contributed by atoms with Crippen LogP contribution < -0.4 is 10.6 Å². The Morgan fingerprint density at radius 3 is 2.86 bits per heavy atom. The molecule has 0 aliphatic heterocycles. The lowest BCUT2D eigenvalue weighted by Gasteiger charge is -2.12. The summed E-state index contributed by atoms with van der Waals surface area (Å²) < 4.78 is 0. The number of aromatic amines is 1. The van der Waals surface area contributed by atoms with Gasteiger partial charge < -0.3 is 10.6 Å². The SMILES string of the molecule is CCNc1cnc(C(C)C)nc1C(=O)NCc1nn[nH]n1. The summed E-state index contributed by atoms with van der Waals surface area (Å²) in [6, 6.07) is 0. The summed E-state index contributed by atoms with van der Waals surface area (Å²) >= 11 is 0. The van der Waals surface area contributed by atoms with E-state index in [0.29, 0.717) is 29.6 Å². The highest BCUT2D eigenvalue weighted by Crippen LogP contribution is 2.16. The first-order valence-corrected chi connectivity index (χ1v) is 6.73. The van der Waals surface area contributed by atoms with Crippen LogP contribution >= 0.6 is 0 Å². The molecule has 0 unspecified atom stereocenters. The van der Waals surface area contributed by atoms with E-state index in [1.807, 2.05) is 20.8 Å². The van der Waals surface area contributed by atoms with Crippen LogP contribution in [0.5, 0.6) is 0 Å². The van der Waals surface area contributed by atoms with Gasteiger partial charge in [0.1, 0.15) is 5.82 Å². The number of amides is 1. The Kier molecular flexibility index (Phi) is 4.75. The van der Waals surface area contributed by atoms with E-state index in [-0.39, 0.29) is 18.4 Å². The maximum atomic E-state index is 12.3. The van der Waals surface area contributed by atoms with Crippen LogP contribution in [0.2, 0.25) is 0 Å². The van der Waals surface area contributed by atoms with Gasteiger partial charge in [0.2, 0.25) is 0 Å². The highest BCUT2D eigenvalue weighted by atomic mass is 16.1. The first kappa shape index (κ1) is 14.8. The lowest BCUT2D eigenvalue weighted by Crippen LogP contribution is -2.26. The molecule has 2 heterocycles. The average molecular weight is 290 g/mol. The van der Waals surface area contributed by atoms with Crippen LogP contribution in [0.3, 0.4) is 0 Å². The summed E-state index contributed by atoms with van der Waals surface area (Å²) in [6.07, 6.45) is 1.63. The van der Waals surface area contributed by atoms with Crippen molar-refractivity contribution in [2.75, 3.05) is 11.9 Å². The smallest absolute Gasteiger partial charge is 0.272 e. The zero-order valence-corrected chi connectivity index (χ0v) is 12.2. The second kappa shape index (κ2) is 6.73. The predicted molar refractivity (Wildman–Crippen MR) is 75.6 cm³/mol. The first-order valence-electron chi connectivity index (χ1n) is 6.73. The van der Waals surface area contributed by atoms with Gasteiger partial charge in [-0.3, -0.25) is 4.79 Å². The van der Waals surface area contributed by atoms with E-state index in [2.05, 4.69) is 41.2 Å². The number of hydrogen-bond acceptors (Lipinski definition) is 7. The minimum Gasteiger partial charge on any atom is -0.382 e. The number of H-pyrrole nitrogens is 1. The van der Waals surface area contributed by atoms with Crippen molar-refractivity contribution in [1.82, 2.24) is 35.9 Å². The van der Waals surface area contributed by atoms with E-state index in [1.165, 1.54) is 0 Å². The molecule has 3 N–H and O–H groups in total. The van der Waals surface area contributed by atoms with E-state index in [1.54, 1.807) is 6.20 Å². The number of nitrogens with zero attached hydrogens (tertiary/aromatic N) is 5. The molecular weight excluding hydrogens is 272 g/mol. The molecule has 1 amide bonds. The lowest BCUT2D eigenvalue weighted by molar-refractivity contribution is 0.0945. The predicted octanol–water partition coefficient (Wildman–Crippen LogP) is 0.475. The molecule has 0 bridgehead atoms. The van der Waals surface area contributed by atoms with Crippen LogP contribution in [0.1, 0.15) is 48.8 Å². The van der Waals surface area contributed by atoms with Crippen LogP contribution in [-0.4, -0.2) is 43.0 Å². The summed E-state index contributed by atoms with van der Waals surface area (Å²) in [4.78, 5) is 20.9. The molecule has 0 saturated carbocycles. The number of nitrogens with one attached hydrogen (secondary N) is 3. The molecule has 9 nitrogen and oxygen atoms in total. The molecule has 2 aromatic rings. The maximum absolute atomic E-state index is 12.3. The summed E-state index contributed by atoms with van der Waals surface area (Å²) in [5.41, 5.74) is 0.923.